The van der Waals surface area contributed by atoms with Crippen molar-refractivity contribution in [2.75, 3.05) is 43.3 Å². The molecule has 0 bridgehead atoms. The van der Waals surface area contributed by atoms with E-state index in [1.807, 2.05) is 25.8 Å². The second-order valence-electron chi connectivity index (χ2n) is 6.63. The van der Waals surface area contributed by atoms with Crippen LogP contribution in [0.3, 0.4) is 0 Å². The molecule has 1 unspecified atom stereocenters. The van der Waals surface area contributed by atoms with Crippen molar-refractivity contribution in [3.8, 4) is 5.88 Å². The zero-order valence-corrected chi connectivity index (χ0v) is 18.9. The number of anilines is 3. The number of aromatic nitrogens is 3. The van der Waals surface area contributed by atoms with Crippen molar-refractivity contribution in [1.82, 2.24) is 15.0 Å². The van der Waals surface area contributed by atoms with Crippen LogP contribution in [0.1, 0.15) is 11.9 Å². The highest BCUT2D eigenvalue weighted by atomic mass is 35.5. The fraction of sp³-hybridized carbons (Fsp3) is 0.368. The summed E-state index contributed by atoms with van der Waals surface area (Å²) in [6, 6.07) is 1.10. The molecule has 0 fully saturated rings. The fourth-order valence-corrected chi connectivity index (χ4v) is 3.93. The average molecular weight is 451 g/mol. The molecule has 2 amide bonds. The van der Waals surface area contributed by atoms with Gasteiger partial charge in [-0.2, -0.15) is 0 Å². The first kappa shape index (κ1) is 22.0. The lowest BCUT2D eigenvalue weighted by atomic mass is 10.2. The summed E-state index contributed by atoms with van der Waals surface area (Å²) in [4.78, 5) is 28.5. The molecule has 0 aliphatic carbocycles. The molecule has 3 aromatic rings. The van der Waals surface area contributed by atoms with Crippen molar-refractivity contribution in [1.29, 1.82) is 0 Å². The Morgan fingerprint density at radius 1 is 1.30 bits per heavy atom. The summed E-state index contributed by atoms with van der Waals surface area (Å²) in [5.74, 6) is 0.285. The number of nitrogens with one attached hydrogen (secondary N) is 2. The fourth-order valence-electron chi connectivity index (χ4n) is 2.93. The lowest BCUT2D eigenvalue weighted by molar-refractivity contribution is 0.124. The Morgan fingerprint density at radius 3 is 2.73 bits per heavy atom. The minimum Gasteiger partial charge on any atom is -0.480 e. The zero-order valence-electron chi connectivity index (χ0n) is 17.3. The summed E-state index contributed by atoms with van der Waals surface area (Å²) >= 11 is 7.58. The summed E-state index contributed by atoms with van der Waals surface area (Å²) in [5.41, 5.74) is 2.47. The Kier molecular flexibility index (Phi) is 6.91. The first-order valence-electron chi connectivity index (χ1n) is 9.10. The number of ether oxygens (including phenoxy) is 2. The van der Waals surface area contributed by atoms with Crippen LogP contribution in [0.2, 0.25) is 5.02 Å². The van der Waals surface area contributed by atoms with E-state index in [0.29, 0.717) is 22.9 Å². The van der Waals surface area contributed by atoms with Crippen LogP contribution in [-0.4, -0.2) is 54.9 Å². The van der Waals surface area contributed by atoms with Gasteiger partial charge >= 0.3 is 6.03 Å². The van der Waals surface area contributed by atoms with Crippen LogP contribution >= 0.6 is 22.9 Å². The van der Waals surface area contributed by atoms with Crippen LogP contribution in [0.4, 0.5) is 21.9 Å². The van der Waals surface area contributed by atoms with Crippen molar-refractivity contribution in [3.05, 3.63) is 28.5 Å². The van der Waals surface area contributed by atoms with Crippen LogP contribution in [0.25, 0.3) is 10.3 Å². The summed E-state index contributed by atoms with van der Waals surface area (Å²) < 4.78 is 10.4. The topological polar surface area (TPSA) is 102 Å². The molecule has 0 saturated carbocycles. The van der Waals surface area contributed by atoms with Crippen molar-refractivity contribution >= 4 is 56.4 Å². The Balaban J connectivity index is 1.88. The summed E-state index contributed by atoms with van der Waals surface area (Å²) in [6.07, 6.45) is 3.08. The lowest BCUT2D eigenvalue weighted by Crippen LogP contribution is -2.30. The molecule has 1 atom stereocenters. The van der Waals surface area contributed by atoms with Gasteiger partial charge in [-0.05, 0) is 19.9 Å². The molecule has 3 rings (SSSR count). The molecule has 3 aromatic heterocycles. The quantitative estimate of drug-likeness (QED) is 0.556. The predicted molar refractivity (Wildman–Crippen MR) is 120 cm³/mol. The Labute approximate surface area is 183 Å². The van der Waals surface area contributed by atoms with Crippen LogP contribution < -0.4 is 20.3 Å². The molecule has 0 spiro atoms. The lowest BCUT2D eigenvalue weighted by Gasteiger charge is -2.25. The van der Waals surface area contributed by atoms with Gasteiger partial charge in [0.05, 0.1) is 47.7 Å². The SMILES string of the molecule is COc1ncc(NC(=O)Nc2cnc3sc(C)nc3c2N(C)CC(C)OC)cc1Cl. The zero-order chi connectivity index (χ0) is 21.8. The number of urea groups is 1. The van der Waals surface area contributed by atoms with Gasteiger partial charge in [0.15, 0.2) is 0 Å². The predicted octanol–water partition coefficient (Wildman–Crippen LogP) is 4.17. The highest BCUT2D eigenvalue weighted by Gasteiger charge is 2.20. The molecule has 160 valence electrons. The van der Waals surface area contributed by atoms with Crippen molar-refractivity contribution < 1.29 is 14.3 Å². The molecule has 0 radical (unpaired) electrons. The molecule has 2 N–H and O–H groups in total. The maximum atomic E-state index is 12.6. The normalized spacial score (nSPS) is 11.9. The molecule has 9 nitrogen and oxygen atoms in total. The number of methoxy groups -OCH3 is 2. The van der Waals surface area contributed by atoms with Crippen LogP contribution in [0, 0.1) is 6.92 Å². The van der Waals surface area contributed by atoms with Crippen LogP contribution in [0.5, 0.6) is 5.88 Å². The Bertz CT molecular complexity index is 1060. The van der Waals surface area contributed by atoms with E-state index in [2.05, 4.69) is 25.6 Å². The number of halogens is 1. The number of hydrogen-bond donors (Lipinski definition) is 2. The second-order valence-corrected chi connectivity index (χ2v) is 8.22. The largest absolute Gasteiger partial charge is 0.480 e. The Hall–Kier alpha value is -2.69. The van der Waals surface area contributed by atoms with Gasteiger partial charge < -0.3 is 25.0 Å². The number of aryl methyl sites for hydroxylation is 1. The summed E-state index contributed by atoms with van der Waals surface area (Å²) in [6.45, 7) is 4.51. The molecule has 0 aromatic carbocycles. The third-order valence-corrected chi connectivity index (χ3v) is 5.48. The Morgan fingerprint density at radius 2 is 2.07 bits per heavy atom. The van der Waals surface area contributed by atoms with Gasteiger partial charge in [-0.15, -0.1) is 0 Å². The third kappa shape index (κ3) is 4.89. The standard InChI is InChI=1S/C19H23ClN6O3S/c1-10(28-4)9-26(3)16-14(8-22-18-15(16)23-11(2)30-18)25-19(27)24-12-6-13(20)17(29-5)21-7-12/h6-8,10H,9H2,1-5H3,(H2,24,25,27). The van der Waals surface area contributed by atoms with Gasteiger partial charge in [-0.1, -0.05) is 22.9 Å². The van der Waals surface area contributed by atoms with E-state index in [4.69, 9.17) is 21.1 Å². The van der Waals surface area contributed by atoms with Gasteiger partial charge in [0.2, 0.25) is 5.88 Å². The number of carbonyl (C=O) groups is 1. The number of nitrogens with zero attached hydrogens (tertiary/aromatic N) is 4. The third-order valence-electron chi connectivity index (χ3n) is 4.33. The number of rotatable bonds is 7. The van der Waals surface area contributed by atoms with Gasteiger partial charge in [-0.3, -0.25) is 0 Å². The molecule has 0 saturated heterocycles. The maximum absolute atomic E-state index is 12.6. The van der Waals surface area contributed by atoms with Crippen molar-refractivity contribution in [2.45, 2.75) is 20.0 Å². The van der Waals surface area contributed by atoms with E-state index in [0.717, 1.165) is 21.0 Å². The van der Waals surface area contributed by atoms with E-state index < -0.39 is 6.03 Å². The van der Waals surface area contributed by atoms with Crippen LogP contribution in [-0.2, 0) is 4.74 Å². The van der Waals surface area contributed by atoms with E-state index in [-0.39, 0.29) is 12.0 Å². The van der Waals surface area contributed by atoms with E-state index in [9.17, 15) is 4.79 Å². The first-order valence-corrected chi connectivity index (χ1v) is 10.3. The number of pyridine rings is 2. The van der Waals surface area contributed by atoms with E-state index in [1.54, 1.807) is 19.4 Å². The number of fused-ring (bicyclic) bond motifs is 1. The summed E-state index contributed by atoms with van der Waals surface area (Å²) in [5, 5.41) is 6.75. The highest BCUT2D eigenvalue weighted by molar-refractivity contribution is 7.18. The van der Waals surface area contributed by atoms with Gasteiger partial charge in [0.1, 0.15) is 15.4 Å². The number of carbonyl (C=O) groups excluding carboxylic acids is 1. The molecular formula is C19H23ClN6O3S. The highest BCUT2D eigenvalue weighted by Crippen LogP contribution is 2.35. The molecular weight excluding hydrogens is 428 g/mol. The number of thiazole rings is 1. The second kappa shape index (κ2) is 9.41. The van der Waals surface area contributed by atoms with Gasteiger partial charge in [0, 0.05) is 20.7 Å². The van der Waals surface area contributed by atoms with Gasteiger partial charge in [-0.25, -0.2) is 19.7 Å². The molecule has 0 aliphatic rings. The molecule has 0 aliphatic heterocycles. The number of hydrogen-bond acceptors (Lipinski definition) is 8. The van der Waals surface area contributed by atoms with Gasteiger partial charge in [0.25, 0.3) is 0 Å². The van der Waals surface area contributed by atoms with E-state index in [1.165, 1.54) is 24.6 Å². The molecule has 30 heavy (non-hydrogen) atoms. The minimum absolute atomic E-state index is 0.00728. The maximum Gasteiger partial charge on any atom is 0.323 e. The minimum atomic E-state index is -0.458. The number of likely N-dealkylation sites (N-methyl/N-ethyl adjacent to an activating group) is 1. The van der Waals surface area contributed by atoms with Crippen molar-refractivity contribution in [3.63, 3.8) is 0 Å². The summed E-state index contributed by atoms with van der Waals surface area (Å²) in [7, 11) is 5.06. The smallest absolute Gasteiger partial charge is 0.323 e. The van der Waals surface area contributed by atoms with E-state index >= 15 is 0 Å². The average Bonchev–Trinajstić information content (AvgIpc) is 3.07. The molecule has 3 heterocycles. The molecule has 11 heteroatoms. The number of amides is 2. The van der Waals surface area contributed by atoms with Crippen molar-refractivity contribution in [2.24, 2.45) is 0 Å². The monoisotopic (exact) mass is 450 g/mol. The first-order chi connectivity index (χ1) is 14.3. The van der Waals surface area contributed by atoms with Crippen LogP contribution in [0.15, 0.2) is 18.5 Å².